The Bertz CT molecular complexity index is 533. The SMILES string of the molecule is C=C(c1cccc2ccccc12)C(F)(F)F. The van der Waals surface area contributed by atoms with Gasteiger partial charge in [0, 0.05) is 0 Å². The van der Waals surface area contributed by atoms with E-state index < -0.39 is 11.7 Å². The summed E-state index contributed by atoms with van der Waals surface area (Å²) in [5, 5.41) is 1.36. The average molecular weight is 222 g/mol. The Hall–Kier alpha value is -1.77. The predicted molar refractivity (Wildman–Crippen MR) is 59.0 cm³/mol. The van der Waals surface area contributed by atoms with Gasteiger partial charge in [0.2, 0.25) is 0 Å². The van der Waals surface area contributed by atoms with E-state index in [1.54, 1.807) is 36.4 Å². The van der Waals surface area contributed by atoms with Crippen LogP contribution in [0.3, 0.4) is 0 Å². The number of halogens is 3. The molecule has 0 aliphatic carbocycles. The Labute approximate surface area is 91.0 Å². The number of fused-ring (bicyclic) bond motifs is 1. The van der Waals surface area contributed by atoms with Crippen LogP contribution in [0.25, 0.3) is 16.3 Å². The molecule has 82 valence electrons. The first-order chi connectivity index (χ1) is 7.50. The molecular weight excluding hydrogens is 213 g/mol. The van der Waals surface area contributed by atoms with Gasteiger partial charge in [0.05, 0.1) is 5.57 Å². The first kappa shape index (κ1) is 10.7. The van der Waals surface area contributed by atoms with Gasteiger partial charge in [-0.1, -0.05) is 49.0 Å². The molecule has 0 bridgehead atoms. The molecule has 0 atom stereocenters. The van der Waals surface area contributed by atoms with Crippen LogP contribution in [0.4, 0.5) is 13.2 Å². The van der Waals surface area contributed by atoms with Crippen LogP contribution in [0.5, 0.6) is 0 Å². The van der Waals surface area contributed by atoms with Gasteiger partial charge in [-0.25, -0.2) is 0 Å². The number of alkyl halides is 3. The van der Waals surface area contributed by atoms with Crippen molar-refractivity contribution < 1.29 is 13.2 Å². The van der Waals surface area contributed by atoms with E-state index in [1.807, 2.05) is 0 Å². The van der Waals surface area contributed by atoms with E-state index in [0.717, 1.165) is 5.39 Å². The fourth-order valence-corrected chi connectivity index (χ4v) is 1.64. The summed E-state index contributed by atoms with van der Waals surface area (Å²) in [4.78, 5) is 0. The van der Waals surface area contributed by atoms with Crippen molar-refractivity contribution in [3.8, 4) is 0 Å². The lowest BCUT2D eigenvalue weighted by Crippen LogP contribution is -2.09. The summed E-state index contributed by atoms with van der Waals surface area (Å²) >= 11 is 0. The second-order valence-electron chi connectivity index (χ2n) is 3.50. The summed E-state index contributed by atoms with van der Waals surface area (Å²) in [7, 11) is 0. The molecule has 0 aliphatic heterocycles. The molecule has 0 amide bonds. The zero-order chi connectivity index (χ0) is 11.8. The molecule has 0 heterocycles. The van der Waals surface area contributed by atoms with Crippen molar-refractivity contribution >= 4 is 16.3 Å². The first-order valence-corrected chi connectivity index (χ1v) is 4.74. The van der Waals surface area contributed by atoms with Crippen molar-refractivity contribution in [1.29, 1.82) is 0 Å². The monoisotopic (exact) mass is 222 g/mol. The summed E-state index contributed by atoms with van der Waals surface area (Å²) in [5.41, 5.74) is -0.657. The van der Waals surface area contributed by atoms with Crippen LogP contribution in [0.2, 0.25) is 0 Å². The Morgan fingerprint density at radius 1 is 0.938 bits per heavy atom. The predicted octanol–water partition coefficient (Wildman–Crippen LogP) is 4.42. The van der Waals surface area contributed by atoms with E-state index in [9.17, 15) is 13.2 Å². The minimum absolute atomic E-state index is 0.144. The largest absolute Gasteiger partial charge is 0.416 e. The van der Waals surface area contributed by atoms with Gasteiger partial charge in [0.25, 0.3) is 0 Å². The maximum atomic E-state index is 12.6. The third-order valence-corrected chi connectivity index (χ3v) is 2.46. The van der Waals surface area contributed by atoms with Gasteiger partial charge < -0.3 is 0 Å². The van der Waals surface area contributed by atoms with Crippen LogP contribution in [0.1, 0.15) is 5.56 Å². The van der Waals surface area contributed by atoms with E-state index >= 15 is 0 Å². The van der Waals surface area contributed by atoms with Crippen LogP contribution >= 0.6 is 0 Å². The molecule has 0 spiro atoms. The minimum atomic E-state index is -4.38. The smallest absolute Gasteiger partial charge is 0.166 e. The highest BCUT2D eigenvalue weighted by atomic mass is 19.4. The lowest BCUT2D eigenvalue weighted by atomic mass is 9.99. The molecule has 0 fully saturated rings. The topological polar surface area (TPSA) is 0 Å². The highest BCUT2D eigenvalue weighted by Gasteiger charge is 2.33. The fraction of sp³-hybridized carbons (Fsp3) is 0.0769. The molecule has 0 nitrogen and oxygen atoms in total. The molecule has 2 aromatic rings. The van der Waals surface area contributed by atoms with Crippen LogP contribution in [0.15, 0.2) is 49.0 Å². The van der Waals surface area contributed by atoms with E-state index in [0.29, 0.717) is 5.39 Å². The van der Waals surface area contributed by atoms with Gasteiger partial charge in [-0.05, 0) is 16.3 Å². The lowest BCUT2D eigenvalue weighted by molar-refractivity contribution is -0.0685. The van der Waals surface area contributed by atoms with Crippen LogP contribution < -0.4 is 0 Å². The highest BCUT2D eigenvalue weighted by molar-refractivity contribution is 5.94. The quantitative estimate of drug-likeness (QED) is 0.670. The number of hydrogen-bond acceptors (Lipinski definition) is 0. The number of hydrogen-bond donors (Lipinski definition) is 0. The summed E-state index contributed by atoms with van der Waals surface area (Å²) in [6.45, 7) is 3.12. The van der Waals surface area contributed by atoms with Gasteiger partial charge in [-0.2, -0.15) is 13.2 Å². The molecule has 0 radical (unpaired) electrons. The van der Waals surface area contributed by atoms with Gasteiger partial charge in [0.15, 0.2) is 0 Å². The molecule has 3 heteroatoms. The van der Waals surface area contributed by atoms with E-state index in [-0.39, 0.29) is 5.56 Å². The normalized spacial score (nSPS) is 11.7. The van der Waals surface area contributed by atoms with Crippen molar-refractivity contribution in [1.82, 2.24) is 0 Å². The summed E-state index contributed by atoms with van der Waals surface area (Å²) in [6.07, 6.45) is -4.38. The van der Waals surface area contributed by atoms with Crippen molar-refractivity contribution in [3.63, 3.8) is 0 Å². The molecule has 2 rings (SSSR count). The lowest BCUT2D eigenvalue weighted by Gasteiger charge is -2.12. The van der Waals surface area contributed by atoms with Crippen LogP contribution in [-0.2, 0) is 0 Å². The van der Waals surface area contributed by atoms with E-state index in [2.05, 4.69) is 6.58 Å². The van der Waals surface area contributed by atoms with Crippen molar-refractivity contribution in [2.45, 2.75) is 6.18 Å². The highest BCUT2D eigenvalue weighted by Crippen LogP contribution is 2.35. The molecular formula is C13H9F3. The molecule has 0 aliphatic rings. The Morgan fingerprint density at radius 3 is 2.25 bits per heavy atom. The second kappa shape index (κ2) is 3.67. The van der Waals surface area contributed by atoms with Gasteiger partial charge >= 0.3 is 6.18 Å². The third kappa shape index (κ3) is 1.81. The minimum Gasteiger partial charge on any atom is -0.166 e. The van der Waals surface area contributed by atoms with Crippen LogP contribution in [0, 0.1) is 0 Å². The third-order valence-electron chi connectivity index (χ3n) is 2.46. The van der Waals surface area contributed by atoms with Gasteiger partial charge in [-0.15, -0.1) is 0 Å². The van der Waals surface area contributed by atoms with Crippen molar-refractivity contribution in [3.05, 3.63) is 54.6 Å². The van der Waals surface area contributed by atoms with Gasteiger partial charge in [-0.3, -0.25) is 0 Å². The van der Waals surface area contributed by atoms with Crippen molar-refractivity contribution in [2.75, 3.05) is 0 Å². The Balaban J connectivity index is 2.66. The van der Waals surface area contributed by atoms with Crippen LogP contribution in [-0.4, -0.2) is 6.18 Å². The summed E-state index contributed by atoms with van der Waals surface area (Å²) < 4.78 is 37.7. The maximum Gasteiger partial charge on any atom is 0.416 e. The molecule has 0 unspecified atom stereocenters. The standard InChI is InChI=1S/C13H9F3/c1-9(13(14,15)16)11-8-4-6-10-5-2-3-7-12(10)11/h2-8H,1H2. The number of benzene rings is 2. The Morgan fingerprint density at radius 2 is 1.56 bits per heavy atom. The molecule has 16 heavy (non-hydrogen) atoms. The molecule has 0 aromatic heterocycles. The average Bonchev–Trinajstić information content (AvgIpc) is 2.26. The fourth-order valence-electron chi connectivity index (χ4n) is 1.64. The first-order valence-electron chi connectivity index (χ1n) is 4.74. The molecule has 0 saturated carbocycles. The second-order valence-corrected chi connectivity index (χ2v) is 3.50. The Kier molecular flexibility index (Phi) is 2.46. The molecule has 2 aromatic carbocycles. The summed E-state index contributed by atoms with van der Waals surface area (Å²) in [6, 6.07) is 11.8. The number of allylic oxidation sites excluding steroid dienone is 1. The zero-order valence-corrected chi connectivity index (χ0v) is 8.38. The number of rotatable bonds is 1. The maximum absolute atomic E-state index is 12.6. The van der Waals surface area contributed by atoms with E-state index in [1.165, 1.54) is 6.07 Å². The molecule has 0 saturated heterocycles. The zero-order valence-electron chi connectivity index (χ0n) is 8.38. The molecule has 0 N–H and O–H groups in total. The summed E-state index contributed by atoms with van der Waals surface area (Å²) in [5.74, 6) is 0. The van der Waals surface area contributed by atoms with Crippen molar-refractivity contribution in [2.24, 2.45) is 0 Å². The van der Waals surface area contributed by atoms with Gasteiger partial charge in [0.1, 0.15) is 0 Å². The van der Waals surface area contributed by atoms with E-state index in [4.69, 9.17) is 0 Å².